The van der Waals surface area contributed by atoms with Gasteiger partial charge in [0.2, 0.25) is 0 Å². The number of rotatable bonds is 8. The topological polar surface area (TPSA) is 86.9 Å². The number of aliphatic hydroxyl groups excluding tert-OH is 1. The summed E-state index contributed by atoms with van der Waals surface area (Å²) in [5, 5.41) is 19.6. The van der Waals surface area contributed by atoms with Crippen molar-refractivity contribution < 1.29 is 9.90 Å². The van der Waals surface area contributed by atoms with E-state index < -0.39 is 6.10 Å². The zero-order chi connectivity index (χ0) is 24.9. The van der Waals surface area contributed by atoms with Crippen LogP contribution in [0.25, 0.3) is 0 Å². The monoisotopic (exact) mass is 488 g/mol. The van der Waals surface area contributed by atoms with Crippen molar-refractivity contribution in [2.24, 2.45) is 0 Å². The molecule has 1 aromatic heterocycles. The van der Waals surface area contributed by atoms with E-state index in [-0.39, 0.29) is 6.03 Å². The predicted octanol–water partition coefficient (Wildman–Crippen LogP) is 2.44. The van der Waals surface area contributed by atoms with E-state index in [4.69, 9.17) is 5.26 Å². The summed E-state index contributed by atoms with van der Waals surface area (Å²) in [6, 6.07) is 14.9. The van der Waals surface area contributed by atoms with Gasteiger partial charge in [0, 0.05) is 45.5 Å². The Kier molecular flexibility index (Phi) is 7.81. The van der Waals surface area contributed by atoms with Crippen molar-refractivity contribution in [2.75, 3.05) is 52.4 Å². The average molecular weight is 489 g/mol. The molecule has 190 valence electrons. The highest BCUT2D eigenvalue weighted by Gasteiger charge is 2.31. The van der Waals surface area contributed by atoms with E-state index in [9.17, 15) is 9.90 Å². The summed E-state index contributed by atoms with van der Waals surface area (Å²) in [6.45, 7) is 6.94. The number of fused-ring (bicyclic) bond motifs is 1. The number of nitriles is 1. The number of piperidine rings is 1. The van der Waals surface area contributed by atoms with Gasteiger partial charge in [0.15, 0.2) is 0 Å². The molecule has 8 heteroatoms. The van der Waals surface area contributed by atoms with Gasteiger partial charge in [0.25, 0.3) is 0 Å². The van der Waals surface area contributed by atoms with E-state index in [1.54, 1.807) is 4.90 Å². The van der Waals surface area contributed by atoms with Gasteiger partial charge in [-0.15, -0.1) is 0 Å². The maximum absolute atomic E-state index is 13.0. The van der Waals surface area contributed by atoms with Crippen molar-refractivity contribution in [3.63, 3.8) is 0 Å². The van der Waals surface area contributed by atoms with Crippen LogP contribution < -0.4 is 0 Å². The van der Waals surface area contributed by atoms with Crippen LogP contribution >= 0.6 is 0 Å². The minimum absolute atomic E-state index is 0.0196. The summed E-state index contributed by atoms with van der Waals surface area (Å²) in [7, 11) is 0. The van der Waals surface area contributed by atoms with Gasteiger partial charge in [0.05, 0.1) is 31.0 Å². The second-order valence-corrected chi connectivity index (χ2v) is 10.3. The van der Waals surface area contributed by atoms with Crippen LogP contribution in [0.2, 0.25) is 0 Å². The molecule has 8 nitrogen and oxygen atoms in total. The third-order valence-electron chi connectivity index (χ3n) is 7.84. The predicted molar refractivity (Wildman–Crippen MR) is 137 cm³/mol. The van der Waals surface area contributed by atoms with Crippen molar-refractivity contribution in [1.29, 1.82) is 5.26 Å². The Bertz CT molecular complexity index is 1080. The largest absolute Gasteiger partial charge is 0.390 e. The first-order valence-electron chi connectivity index (χ1n) is 13.1. The molecule has 3 aliphatic rings. The fourth-order valence-electron chi connectivity index (χ4n) is 5.76. The third-order valence-corrected chi connectivity index (χ3v) is 7.84. The molecular weight excluding hydrogens is 452 g/mol. The van der Waals surface area contributed by atoms with Gasteiger partial charge < -0.3 is 14.9 Å². The van der Waals surface area contributed by atoms with Crippen LogP contribution in [0, 0.1) is 11.3 Å². The molecule has 2 saturated heterocycles. The van der Waals surface area contributed by atoms with Gasteiger partial charge in [-0.2, -0.15) is 5.26 Å². The fraction of sp³-hybridized carbons (Fsp3) is 0.536. The smallest absolute Gasteiger partial charge is 0.320 e. The normalized spacial score (nSPS) is 20.4. The highest BCUT2D eigenvalue weighted by molar-refractivity contribution is 5.76. The van der Waals surface area contributed by atoms with Crippen molar-refractivity contribution in [1.82, 2.24) is 24.6 Å². The van der Waals surface area contributed by atoms with Crippen LogP contribution in [0.3, 0.4) is 0 Å². The number of aromatic nitrogens is 1. The Morgan fingerprint density at radius 2 is 1.75 bits per heavy atom. The number of amides is 2. The molecule has 2 amide bonds. The van der Waals surface area contributed by atoms with Crippen molar-refractivity contribution >= 4 is 6.03 Å². The first-order chi connectivity index (χ1) is 17.6. The summed E-state index contributed by atoms with van der Waals surface area (Å²) in [5.41, 5.74) is 4.87. The summed E-state index contributed by atoms with van der Waals surface area (Å²) in [4.78, 5) is 25.7. The van der Waals surface area contributed by atoms with Gasteiger partial charge in [-0.3, -0.25) is 14.8 Å². The molecule has 5 rings (SSSR count). The average Bonchev–Trinajstić information content (AvgIpc) is 3.23. The Balaban J connectivity index is 1.08. The molecule has 2 aromatic rings. The second-order valence-electron chi connectivity index (χ2n) is 10.3. The Labute approximate surface area is 213 Å². The number of urea groups is 1. The molecule has 0 aliphatic carbocycles. The number of carbonyl (C=O) groups is 1. The minimum Gasteiger partial charge on any atom is -0.390 e. The van der Waals surface area contributed by atoms with Crippen LogP contribution in [0.15, 0.2) is 42.6 Å². The van der Waals surface area contributed by atoms with E-state index in [1.807, 2.05) is 17.2 Å². The molecule has 4 heterocycles. The lowest BCUT2D eigenvalue weighted by molar-refractivity contribution is 0.0812. The van der Waals surface area contributed by atoms with E-state index >= 15 is 0 Å². The molecule has 0 saturated carbocycles. The quantitative estimate of drug-likeness (QED) is 0.575. The number of benzene rings is 1. The highest BCUT2D eigenvalue weighted by atomic mass is 16.3. The van der Waals surface area contributed by atoms with Crippen molar-refractivity contribution in [2.45, 2.75) is 44.4 Å². The van der Waals surface area contributed by atoms with Crippen molar-refractivity contribution in [3.05, 3.63) is 65.0 Å². The number of nitrogens with zero attached hydrogens (tertiary/aromatic N) is 6. The second kappa shape index (κ2) is 11.4. The number of hydrogen-bond donors (Lipinski definition) is 1. The highest BCUT2D eigenvalue weighted by Crippen LogP contribution is 2.27. The summed E-state index contributed by atoms with van der Waals surface area (Å²) in [5.74, 6) is 0.486. The number of pyridine rings is 1. The maximum Gasteiger partial charge on any atom is 0.320 e. The zero-order valence-corrected chi connectivity index (χ0v) is 20.9. The number of likely N-dealkylation sites (tertiary alicyclic amines) is 1. The SMILES string of the molecule is N#CCN1CCC(c2ccc(CN3CCN(CC(O)CN4CCc5ccccc5C4)C3=O)nc2)CC1. The molecule has 0 radical (unpaired) electrons. The van der Waals surface area contributed by atoms with E-state index in [2.05, 4.69) is 51.2 Å². The standard InChI is InChI=1S/C28H36N6O2/c29-10-14-31-11-7-23(8-12-31)24-5-6-26(30-17-24)19-33-15-16-34(28(33)36)21-27(35)20-32-13-9-22-3-1-2-4-25(22)18-32/h1-6,17,23,27,35H,7-9,11-16,18-21H2. The van der Waals surface area contributed by atoms with E-state index in [0.29, 0.717) is 45.2 Å². The van der Waals surface area contributed by atoms with Crippen LogP contribution in [-0.2, 0) is 19.5 Å². The number of β-amino-alcohol motifs (C(OH)–C–C–N with tert-alkyl or cyclic N) is 1. The molecule has 1 unspecified atom stereocenters. The lowest BCUT2D eigenvalue weighted by Gasteiger charge is -2.31. The number of aliphatic hydroxyl groups is 1. The molecule has 36 heavy (non-hydrogen) atoms. The Morgan fingerprint density at radius 1 is 0.972 bits per heavy atom. The van der Waals surface area contributed by atoms with Gasteiger partial charge in [-0.25, -0.2) is 4.79 Å². The zero-order valence-electron chi connectivity index (χ0n) is 20.9. The van der Waals surface area contributed by atoms with Gasteiger partial charge in [-0.1, -0.05) is 30.3 Å². The molecule has 1 atom stereocenters. The van der Waals surface area contributed by atoms with Crippen LogP contribution in [0.1, 0.15) is 41.1 Å². The van der Waals surface area contributed by atoms with Crippen LogP contribution in [0.4, 0.5) is 4.79 Å². The molecular formula is C28H36N6O2. The van der Waals surface area contributed by atoms with Gasteiger partial charge in [0.1, 0.15) is 0 Å². The van der Waals surface area contributed by atoms with E-state index in [0.717, 1.165) is 51.1 Å². The van der Waals surface area contributed by atoms with E-state index in [1.165, 1.54) is 16.7 Å². The lowest BCUT2D eigenvalue weighted by Crippen LogP contribution is -2.43. The Hall–Kier alpha value is -2.99. The first-order valence-corrected chi connectivity index (χ1v) is 13.1. The molecule has 3 aliphatic heterocycles. The van der Waals surface area contributed by atoms with Gasteiger partial charge >= 0.3 is 6.03 Å². The fourth-order valence-corrected chi connectivity index (χ4v) is 5.76. The molecule has 1 N–H and O–H groups in total. The minimum atomic E-state index is -0.559. The Morgan fingerprint density at radius 3 is 2.50 bits per heavy atom. The van der Waals surface area contributed by atoms with Crippen molar-refractivity contribution in [3.8, 4) is 6.07 Å². The molecule has 0 spiro atoms. The third kappa shape index (κ3) is 5.86. The summed E-state index contributed by atoms with van der Waals surface area (Å²) in [6.07, 6.45) is 4.50. The molecule has 0 bridgehead atoms. The molecule has 1 aromatic carbocycles. The number of carbonyl (C=O) groups excluding carboxylic acids is 1. The summed E-state index contributed by atoms with van der Waals surface area (Å²) < 4.78 is 0. The van der Waals surface area contributed by atoms with Crippen LogP contribution in [-0.4, -0.2) is 94.2 Å². The maximum atomic E-state index is 13.0. The molecule has 2 fully saturated rings. The van der Waals surface area contributed by atoms with Gasteiger partial charge in [-0.05, 0) is 61.0 Å². The van der Waals surface area contributed by atoms with Crippen LogP contribution in [0.5, 0.6) is 0 Å². The lowest BCUT2D eigenvalue weighted by atomic mass is 9.90. The number of hydrogen-bond acceptors (Lipinski definition) is 6. The summed E-state index contributed by atoms with van der Waals surface area (Å²) >= 11 is 0. The first kappa shape index (κ1) is 24.7.